The Balaban J connectivity index is 1.83. The first kappa shape index (κ1) is 17.6. The van der Waals surface area contributed by atoms with Crippen molar-refractivity contribution in [1.29, 1.82) is 0 Å². The van der Waals surface area contributed by atoms with Gasteiger partial charge in [-0.15, -0.1) is 0 Å². The standard InChI is InChI=1S/C21H15Cl2N3O/c1-27-17-9-6-14(7-10-17)20-21(26-11-3-2-4-19(26)25-20)24-13-15-5-8-16(22)12-18(15)23/h2-13H,1H3/b24-13+. The van der Waals surface area contributed by atoms with Crippen LogP contribution in [0.5, 0.6) is 5.75 Å². The van der Waals surface area contributed by atoms with Crippen molar-refractivity contribution in [3.8, 4) is 17.0 Å². The van der Waals surface area contributed by atoms with Gasteiger partial charge >= 0.3 is 0 Å². The lowest BCUT2D eigenvalue weighted by Crippen LogP contribution is -1.86. The van der Waals surface area contributed by atoms with E-state index in [1.54, 1.807) is 25.5 Å². The van der Waals surface area contributed by atoms with Gasteiger partial charge in [-0.2, -0.15) is 0 Å². The van der Waals surface area contributed by atoms with E-state index in [2.05, 4.69) is 0 Å². The predicted octanol–water partition coefficient (Wildman–Crippen LogP) is 6.07. The highest BCUT2D eigenvalue weighted by Crippen LogP contribution is 2.32. The van der Waals surface area contributed by atoms with Crippen molar-refractivity contribution in [3.63, 3.8) is 0 Å². The molecule has 0 aliphatic heterocycles. The molecule has 0 saturated carbocycles. The lowest BCUT2D eigenvalue weighted by molar-refractivity contribution is 0.415. The summed E-state index contributed by atoms with van der Waals surface area (Å²) < 4.78 is 7.19. The topological polar surface area (TPSA) is 38.9 Å². The first-order valence-corrected chi connectivity index (χ1v) is 9.02. The number of halogens is 2. The third kappa shape index (κ3) is 3.54. The van der Waals surface area contributed by atoms with E-state index in [0.29, 0.717) is 10.0 Å². The van der Waals surface area contributed by atoms with Gasteiger partial charge in [0.15, 0.2) is 5.82 Å². The molecular formula is C21H15Cl2N3O. The molecule has 4 rings (SSSR count). The van der Waals surface area contributed by atoms with E-state index in [0.717, 1.165) is 34.0 Å². The number of hydrogen-bond donors (Lipinski definition) is 0. The van der Waals surface area contributed by atoms with Crippen molar-refractivity contribution in [2.75, 3.05) is 7.11 Å². The van der Waals surface area contributed by atoms with Crippen molar-refractivity contribution >= 4 is 40.9 Å². The number of aromatic nitrogens is 2. The molecule has 6 heteroatoms. The number of hydrogen-bond acceptors (Lipinski definition) is 3. The zero-order valence-electron chi connectivity index (χ0n) is 14.4. The van der Waals surface area contributed by atoms with Crippen LogP contribution in [0.3, 0.4) is 0 Å². The number of fused-ring (bicyclic) bond motifs is 1. The largest absolute Gasteiger partial charge is 0.497 e. The Morgan fingerprint density at radius 3 is 2.59 bits per heavy atom. The van der Waals surface area contributed by atoms with Crippen molar-refractivity contribution < 1.29 is 4.74 Å². The van der Waals surface area contributed by atoms with Crippen molar-refractivity contribution in [2.45, 2.75) is 0 Å². The fraction of sp³-hybridized carbons (Fsp3) is 0.0476. The summed E-state index contributed by atoms with van der Waals surface area (Å²) >= 11 is 12.2. The van der Waals surface area contributed by atoms with Crippen molar-refractivity contribution in [3.05, 3.63) is 82.5 Å². The van der Waals surface area contributed by atoms with Crippen LogP contribution in [0.4, 0.5) is 5.82 Å². The van der Waals surface area contributed by atoms with E-state index in [1.807, 2.05) is 59.1 Å². The Morgan fingerprint density at radius 1 is 1.04 bits per heavy atom. The number of benzene rings is 2. The molecule has 134 valence electrons. The first-order chi connectivity index (χ1) is 13.2. The summed E-state index contributed by atoms with van der Waals surface area (Å²) in [5.74, 6) is 1.52. The average Bonchev–Trinajstić information content (AvgIpc) is 3.06. The van der Waals surface area contributed by atoms with Gasteiger partial charge in [-0.05, 0) is 48.5 Å². The minimum Gasteiger partial charge on any atom is -0.497 e. The number of pyridine rings is 1. The van der Waals surface area contributed by atoms with Gasteiger partial charge in [0.2, 0.25) is 0 Å². The van der Waals surface area contributed by atoms with Gasteiger partial charge < -0.3 is 4.74 Å². The highest BCUT2D eigenvalue weighted by Gasteiger charge is 2.13. The van der Waals surface area contributed by atoms with Gasteiger partial charge in [0.1, 0.15) is 17.1 Å². The number of ether oxygens (including phenoxy) is 1. The molecule has 0 fully saturated rings. The molecule has 0 saturated heterocycles. The summed E-state index contributed by atoms with van der Waals surface area (Å²) in [6.07, 6.45) is 3.66. The van der Waals surface area contributed by atoms with E-state index in [4.69, 9.17) is 37.9 Å². The predicted molar refractivity (Wildman–Crippen MR) is 111 cm³/mol. The van der Waals surface area contributed by atoms with Crippen LogP contribution in [0.15, 0.2) is 71.9 Å². The molecule has 2 aromatic heterocycles. The molecule has 4 aromatic rings. The van der Waals surface area contributed by atoms with Gasteiger partial charge in [-0.25, -0.2) is 9.98 Å². The maximum absolute atomic E-state index is 6.27. The molecule has 0 aliphatic carbocycles. The molecule has 0 amide bonds. The summed E-state index contributed by atoms with van der Waals surface area (Å²) in [7, 11) is 1.64. The van der Waals surface area contributed by atoms with Gasteiger partial charge in [0, 0.05) is 28.6 Å². The minimum atomic E-state index is 0.547. The monoisotopic (exact) mass is 395 g/mol. The molecule has 0 aliphatic rings. The molecule has 0 unspecified atom stereocenters. The van der Waals surface area contributed by atoms with E-state index < -0.39 is 0 Å². The first-order valence-electron chi connectivity index (χ1n) is 8.26. The van der Waals surface area contributed by atoms with E-state index in [1.165, 1.54) is 0 Å². The third-order valence-electron chi connectivity index (χ3n) is 4.16. The summed E-state index contributed by atoms with van der Waals surface area (Å²) in [4.78, 5) is 9.43. The quantitative estimate of drug-likeness (QED) is 0.393. The van der Waals surface area contributed by atoms with E-state index >= 15 is 0 Å². The SMILES string of the molecule is COc1ccc(-c2nc3ccccn3c2/N=C/c2ccc(Cl)cc2Cl)cc1. The Morgan fingerprint density at radius 2 is 1.85 bits per heavy atom. The van der Waals surface area contributed by atoms with Crippen LogP contribution < -0.4 is 4.74 Å². The molecule has 0 bridgehead atoms. The van der Waals surface area contributed by atoms with Crippen molar-refractivity contribution in [1.82, 2.24) is 9.38 Å². The van der Waals surface area contributed by atoms with Gasteiger partial charge in [0.25, 0.3) is 0 Å². The van der Waals surface area contributed by atoms with Crippen LogP contribution in [0.2, 0.25) is 10.0 Å². The molecule has 0 N–H and O–H groups in total. The molecular weight excluding hydrogens is 381 g/mol. The lowest BCUT2D eigenvalue weighted by atomic mass is 10.1. The lowest BCUT2D eigenvalue weighted by Gasteiger charge is -2.03. The molecule has 0 spiro atoms. The highest BCUT2D eigenvalue weighted by atomic mass is 35.5. The van der Waals surface area contributed by atoms with Gasteiger partial charge in [-0.1, -0.05) is 35.3 Å². The second kappa shape index (κ2) is 7.43. The number of imidazole rings is 1. The van der Waals surface area contributed by atoms with Crippen LogP contribution >= 0.6 is 23.2 Å². The summed E-state index contributed by atoms with van der Waals surface area (Å²) in [5, 5.41) is 1.14. The molecule has 4 nitrogen and oxygen atoms in total. The van der Waals surface area contributed by atoms with Crippen molar-refractivity contribution in [2.24, 2.45) is 4.99 Å². The average molecular weight is 396 g/mol. The molecule has 0 atom stereocenters. The summed E-state index contributed by atoms with van der Waals surface area (Å²) in [5.41, 5.74) is 3.34. The number of aliphatic imine (C=N–C) groups is 1. The zero-order chi connectivity index (χ0) is 18.8. The molecule has 27 heavy (non-hydrogen) atoms. The third-order valence-corrected chi connectivity index (χ3v) is 4.72. The number of methoxy groups -OCH3 is 1. The Bertz CT molecular complexity index is 1130. The van der Waals surface area contributed by atoms with E-state index in [9.17, 15) is 0 Å². The zero-order valence-corrected chi connectivity index (χ0v) is 15.9. The second-order valence-corrected chi connectivity index (χ2v) is 6.71. The number of nitrogens with zero attached hydrogens (tertiary/aromatic N) is 3. The molecule has 2 aromatic carbocycles. The van der Waals surface area contributed by atoms with Crippen LogP contribution in [-0.4, -0.2) is 22.7 Å². The smallest absolute Gasteiger partial charge is 0.165 e. The molecule has 0 radical (unpaired) electrons. The minimum absolute atomic E-state index is 0.547. The fourth-order valence-electron chi connectivity index (χ4n) is 2.79. The number of rotatable bonds is 4. The maximum Gasteiger partial charge on any atom is 0.165 e. The van der Waals surface area contributed by atoms with Crippen LogP contribution in [0.25, 0.3) is 16.9 Å². The molecule has 2 heterocycles. The Labute approximate surface area is 166 Å². The second-order valence-electron chi connectivity index (χ2n) is 5.87. The maximum atomic E-state index is 6.27. The normalized spacial score (nSPS) is 11.4. The Kier molecular flexibility index (Phi) is 4.84. The highest BCUT2D eigenvalue weighted by molar-refractivity contribution is 6.36. The van der Waals surface area contributed by atoms with Crippen LogP contribution in [0, 0.1) is 0 Å². The van der Waals surface area contributed by atoms with Gasteiger partial charge in [-0.3, -0.25) is 4.40 Å². The fourth-order valence-corrected chi connectivity index (χ4v) is 3.24. The van der Waals surface area contributed by atoms with Gasteiger partial charge in [0.05, 0.1) is 12.1 Å². The summed E-state index contributed by atoms with van der Waals surface area (Å²) in [6, 6.07) is 18.9. The van der Waals surface area contributed by atoms with E-state index in [-0.39, 0.29) is 0 Å². The van der Waals surface area contributed by atoms with Crippen LogP contribution in [-0.2, 0) is 0 Å². The van der Waals surface area contributed by atoms with Crippen LogP contribution in [0.1, 0.15) is 5.56 Å². The Hall–Kier alpha value is -2.82. The summed E-state index contributed by atoms with van der Waals surface area (Å²) in [6.45, 7) is 0.